The highest BCUT2D eigenvalue weighted by atomic mass is 32.3. The van der Waals surface area contributed by atoms with Gasteiger partial charge < -0.3 is 9.11 Å². The molecule has 0 aromatic heterocycles. The van der Waals surface area contributed by atoms with Crippen LogP contribution in [0.15, 0.2) is 0 Å². The molecule has 0 amide bonds. The molecule has 0 radical (unpaired) electrons. The van der Waals surface area contributed by atoms with Crippen molar-refractivity contribution in [1.29, 1.82) is 0 Å². The van der Waals surface area contributed by atoms with Gasteiger partial charge >= 0.3 is 0 Å². The van der Waals surface area contributed by atoms with E-state index < -0.39 is 21.0 Å². The van der Waals surface area contributed by atoms with Gasteiger partial charge in [-0.05, 0) is 25.7 Å². The molecule has 1 saturated carbocycles. The van der Waals surface area contributed by atoms with Crippen LogP contribution in [-0.4, -0.2) is 30.5 Å². The summed E-state index contributed by atoms with van der Waals surface area (Å²) < 4.78 is 43.5. The molecule has 0 aromatic carbocycles. The van der Waals surface area contributed by atoms with Crippen molar-refractivity contribution in [2.45, 2.75) is 44.0 Å². The second-order valence-electron chi connectivity index (χ2n) is 3.76. The summed E-state index contributed by atoms with van der Waals surface area (Å²) in [5.74, 6) is -0.200. The van der Waals surface area contributed by atoms with E-state index in [1.54, 1.807) is 0 Å². The van der Waals surface area contributed by atoms with Crippen molar-refractivity contribution < 1.29 is 17.7 Å². The highest BCUT2D eigenvalue weighted by molar-refractivity contribution is 8.10. The zero-order valence-electron chi connectivity index (χ0n) is 7.78. The van der Waals surface area contributed by atoms with Crippen molar-refractivity contribution in [1.82, 2.24) is 0 Å². The molecule has 0 spiro atoms. The molecule has 5 heteroatoms. The van der Waals surface area contributed by atoms with Crippen molar-refractivity contribution >= 4 is 9.63 Å². The number of rotatable bonds is 2. The van der Waals surface area contributed by atoms with Crippen LogP contribution >= 0.6 is 0 Å². The lowest BCUT2D eigenvalue weighted by Gasteiger charge is -2.40. The van der Waals surface area contributed by atoms with E-state index in [0.29, 0.717) is 19.3 Å². The summed E-state index contributed by atoms with van der Waals surface area (Å²) in [6.07, 6.45) is 0.470. The highest BCUT2D eigenvalue weighted by Crippen LogP contribution is 2.35. The summed E-state index contributed by atoms with van der Waals surface area (Å²) in [4.78, 5) is 0. The lowest BCUT2D eigenvalue weighted by Crippen LogP contribution is -2.48. The minimum Gasteiger partial charge on any atom is -0.307 e. The topological polar surface area (TPSA) is 57.5 Å². The Balaban J connectivity index is 2.76. The monoisotopic (exact) mass is 212 g/mol. The second kappa shape index (κ2) is 3.29. The molecular formula is C8H17FO3S. The molecule has 0 saturated heterocycles. The van der Waals surface area contributed by atoms with Gasteiger partial charge in [0.25, 0.3) is 0 Å². The maximum Gasteiger partial charge on any atom is 0.101 e. The molecule has 1 rings (SSSR count). The van der Waals surface area contributed by atoms with Gasteiger partial charge in [0, 0.05) is 5.75 Å². The Kier molecular flexibility index (Phi) is 2.81. The largest absolute Gasteiger partial charge is 0.307 e. The van der Waals surface area contributed by atoms with Crippen LogP contribution in [0.1, 0.15) is 32.6 Å². The van der Waals surface area contributed by atoms with E-state index in [1.165, 1.54) is 6.92 Å². The molecule has 1 aliphatic carbocycles. The first-order chi connectivity index (χ1) is 5.83. The molecule has 2 atom stereocenters. The molecule has 0 aliphatic heterocycles. The van der Waals surface area contributed by atoms with Crippen molar-refractivity contribution in [3.63, 3.8) is 0 Å². The predicted molar refractivity (Wildman–Crippen MR) is 51.1 cm³/mol. The SMILES string of the molecule is CCS(=O)(O)(O)C1CCCC(F)C1. The number of hydrogen-bond acceptors (Lipinski definition) is 1. The Bertz CT molecular complexity index is 248. The smallest absolute Gasteiger partial charge is 0.101 e. The van der Waals surface area contributed by atoms with Crippen LogP contribution < -0.4 is 0 Å². The molecule has 80 valence electrons. The van der Waals surface area contributed by atoms with Crippen LogP contribution in [0.5, 0.6) is 0 Å². The van der Waals surface area contributed by atoms with Crippen LogP contribution in [0.4, 0.5) is 4.39 Å². The Morgan fingerprint density at radius 3 is 2.54 bits per heavy atom. The number of alkyl halides is 1. The summed E-state index contributed by atoms with van der Waals surface area (Å²) in [6, 6.07) is 0. The van der Waals surface area contributed by atoms with Crippen LogP contribution in [-0.2, 0) is 9.63 Å². The van der Waals surface area contributed by atoms with Gasteiger partial charge in [0.15, 0.2) is 0 Å². The number of hydrogen-bond donors (Lipinski definition) is 2. The molecule has 0 bridgehead atoms. The van der Waals surface area contributed by atoms with E-state index in [4.69, 9.17) is 0 Å². The normalized spacial score (nSPS) is 33.7. The fraction of sp³-hybridized carbons (Fsp3) is 1.00. The highest BCUT2D eigenvalue weighted by Gasteiger charge is 2.41. The van der Waals surface area contributed by atoms with Crippen LogP contribution in [0.3, 0.4) is 0 Å². The molecule has 0 heterocycles. The molecular weight excluding hydrogens is 195 g/mol. The third-order valence-electron chi connectivity index (χ3n) is 2.77. The zero-order chi connectivity index (χ0) is 10.1. The van der Waals surface area contributed by atoms with Crippen molar-refractivity contribution in [2.24, 2.45) is 0 Å². The average Bonchev–Trinajstić information content (AvgIpc) is 2.04. The van der Waals surface area contributed by atoms with Crippen LogP contribution in [0.25, 0.3) is 0 Å². The van der Waals surface area contributed by atoms with Gasteiger partial charge in [-0.3, -0.25) is 0 Å². The summed E-state index contributed by atoms with van der Waals surface area (Å²) in [5.41, 5.74) is 0. The van der Waals surface area contributed by atoms with Gasteiger partial charge in [0.05, 0.1) is 14.9 Å². The molecule has 2 unspecified atom stereocenters. The van der Waals surface area contributed by atoms with Crippen molar-refractivity contribution in [3.05, 3.63) is 0 Å². The van der Waals surface area contributed by atoms with E-state index in [-0.39, 0.29) is 12.2 Å². The van der Waals surface area contributed by atoms with E-state index in [0.717, 1.165) is 0 Å². The van der Waals surface area contributed by atoms with Gasteiger partial charge in [-0.15, -0.1) is 0 Å². The lowest BCUT2D eigenvalue weighted by atomic mass is 9.98. The van der Waals surface area contributed by atoms with E-state index in [9.17, 15) is 17.7 Å². The van der Waals surface area contributed by atoms with Crippen LogP contribution in [0.2, 0.25) is 0 Å². The predicted octanol–water partition coefficient (Wildman–Crippen LogP) is 2.05. The van der Waals surface area contributed by atoms with Gasteiger partial charge in [-0.25, -0.2) is 8.60 Å². The van der Waals surface area contributed by atoms with E-state index in [1.807, 2.05) is 0 Å². The molecule has 2 N–H and O–H groups in total. The summed E-state index contributed by atoms with van der Waals surface area (Å²) >= 11 is 0. The van der Waals surface area contributed by atoms with Gasteiger partial charge in [0.2, 0.25) is 0 Å². The first-order valence-corrected chi connectivity index (χ1v) is 6.73. The lowest BCUT2D eigenvalue weighted by molar-refractivity contribution is 0.237. The van der Waals surface area contributed by atoms with E-state index in [2.05, 4.69) is 0 Å². The molecule has 1 aliphatic rings. The summed E-state index contributed by atoms with van der Waals surface area (Å²) in [6.45, 7) is 1.46. The van der Waals surface area contributed by atoms with E-state index >= 15 is 0 Å². The Morgan fingerprint density at radius 1 is 1.46 bits per heavy atom. The molecule has 13 heavy (non-hydrogen) atoms. The quantitative estimate of drug-likeness (QED) is 0.736. The van der Waals surface area contributed by atoms with Gasteiger partial charge in [-0.1, -0.05) is 6.92 Å². The third-order valence-corrected chi connectivity index (χ3v) is 5.63. The maximum absolute atomic E-state index is 12.9. The minimum absolute atomic E-state index is 0.0200. The minimum atomic E-state index is -4.53. The summed E-state index contributed by atoms with van der Waals surface area (Å²) in [5, 5.41) is -0.772. The fourth-order valence-electron chi connectivity index (χ4n) is 1.75. The standard InChI is InChI=1S/C8H17FO3S/c1-2-13(10,11,12)8-5-3-4-7(9)6-8/h7-8H,2-6H2,1H3,(H2,10,11,12). The summed E-state index contributed by atoms with van der Waals surface area (Å²) in [7, 11) is -4.53. The maximum atomic E-state index is 12.9. The Hall–Kier alpha value is -0.0000000000000000555. The molecule has 0 aromatic rings. The first kappa shape index (κ1) is 11.1. The zero-order valence-corrected chi connectivity index (χ0v) is 8.60. The second-order valence-corrected chi connectivity index (χ2v) is 7.16. The average molecular weight is 212 g/mol. The van der Waals surface area contributed by atoms with Crippen molar-refractivity contribution in [2.75, 3.05) is 5.75 Å². The fourth-order valence-corrected chi connectivity index (χ4v) is 3.46. The molecule has 1 fully saturated rings. The van der Waals surface area contributed by atoms with Crippen molar-refractivity contribution in [3.8, 4) is 0 Å². The Morgan fingerprint density at radius 2 is 2.08 bits per heavy atom. The third kappa shape index (κ3) is 2.48. The van der Waals surface area contributed by atoms with Gasteiger partial charge in [-0.2, -0.15) is 0 Å². The van der Waals surface area contributed by atoms with Gasteiger partial charge in [0.1, 0.15) is 6.17 Å². The molecule has 3 nitrogen and oxygen atoms in total. The Labute approximate surface area is 77.8 Å². The first-order valence-electron chi connectivity index (χ1n) is 4.61. The van der Waals surface area contributed by atoms with Crippen LogP contribution in [0, 0.1) is 0 Å². The number of halogens is 1.